The molecule has 7 heteroatoms. The lowest BCUT2D eigenvalue weighted by Crippen LogP contribution is -2.33. The summed E-state index contributed by atoms with van der Waals surface area (Å²) in [5.74, 6) is -0.251. The molecule has 1 saturated heterocycles. The minimum absolute atomic E-state index is 0.225. The van der Waals surface area contributed by atoms with E-state index in [1.165, 1.54) is 30.6 Å². The summed E-state index contributed by atoms with van der Waals surface area (Å²) in [6.45, 7) is 3.87. The minimum Gasteiger partial charge on any atom is -0.396 e. The highest BCUT2D eigenvalue weighted by molar-refractivity contribution is 7.19. The summed E-state index contributed by atoms with van der Waals surface area (Å²) >= 11 is 7.35. The first-order valence-corrected chi connectivity index (χ1v) is 9.89. The summed E-state index contributed by atoms with van der Waals surface area (Å²) in [6.07, 6.45) is 3.79. The molecule has 0 aliphatic carbocycles. The number of nitriles is 1. The normalized spacial score (nSPS) is 14.8. The first-order valence-electron chi connectivity index (χ1n) is 8.69. The van der Waals surface area contributed by atoms with Crippen molar-refractivity contribution < 1.29 is 4.79 Å². The van der Waals surface area contributed by atoms with E-state index < -0.39 is 0 Å². The zero-order chi connectivity index (χ0) is 18.5. The van der Waals surface area contributed by atoms with Crippen LogP contribution in [0, 0.1) is 11.3 Å². The van der Waals surface area contributed by atoms with Crippen LogP contribution in [0.4, 0.5) is 10.7 Å². The molecule has 1 fully saturated rings. The Morgan fingerprint density at radius 1 is 1.31 bits per heavy atom. The van der Waals surface area contributed by atoms with Crippen molar-refractivity contribution in [2.24, 2.45) is 0 Å². The van der Waals surface area contributed by atoms with E-state index in [4.69, 9.17) is 17.3 Å². The Labute approximate surface area is 162 Å². The van der Waals surface area contributed by atoms with Crippen LogP contribution in [0.2, 0.25) is 5.02 Å². The van der Waals surface area contributed by atoms with Crippen molar-refractivity contribution >= 4 is 39.4 Å². The van der Waals surface area contributed by atoms with Crippen molar-refractivity contribution in [3.8, 4) is 6.07 Å². The average molecular weight is 389 g/mol. The molecule has 0 saturated carbocycles. The van der Waals surface area contributed by atoms with Crippen LogP contribution in [0.3, 0.4) is 0 Å². The molecule has 5 nitrogen and oxygen atoms in total. The van der Waals surface area contributed by atoms with Crippen molar-refractivity contribution in [1.29, 1.82) is 5.26 Å². The van der Waals surface area contributed by atoms with Crippen molar-refractivity contribution in [1.82, 2.24) is 4.90 Å². The lowest BCUT2D eigenvalue weighted by atomic mass is 10.1. The molecule has 0 spiro atoms. The number of ketones is 1. The van der Waals surface area contributed by atoms with Gasteiger partial charge in [0.05, 0.1) is 10.7 Å². The highest BCUT2D eigenvalue weighted by Gasteiger charge is 2.23. The molecule has 1 aromatic heterocycles. The number of anilines is 2. The number of carbonyl (C=O) groups is 1. The summed E-state index contributed by atoms with van der Waals surface area (Å²) < 4.78 is 0. The van der Waals surface area contributed by atoms with Gasteiger partial charge in [-0.25, -0.2) is 0 Å². The van der Waals surface area contributed by atoms with E-state index in [9.17, 15) is 10.1 Å². The van der Waals surface area contributed by atoms with Crippen molar-refractivity contribution in [2.75, 3.05) is 37.2 Å². The van der Waals surface area contributed by atoms with Gasteiger partial charge in [0, 0.05) is 18.7 Å². The Balaban J connectivity index is 1.75. The molecular formula is C19H21ClN4OS. The smallest absolute Gasteiger partial charge is 0.206 e. The number of nitrogens with zero attached hydrogens (tertiary/aromatic N) is 2. The highest BCUT2D eigenvalue weighted by Crippen LogP contribution is 2.37. The first kappa shape index (κ1) is 18.7. The number of hydrogen-bond donors (Lipinski definition) is 2. The van der Waals surface area contributed by atoms with Gasteiger partial charge in [-0.05, 0) is 38.1 Å². The number of hydrogen-bond acceptors (Lipinski definition) is 6. The predicted octanol–water partition coefficient (Wildman–Crippen LogP) is 3.98. The molecule has 2 heterocycles. The SMILES string of the molecule is N#Cc1c(NCCN2CCCCC2)sc(C(=O)c2ccccc2Cl)c1N. The number of rotatable bonds is 6. The summed E-state index contributed by atoms with van der Waals surface area (Å²) in [5.41, 5.74) is 7.05. The third-order valence-electron chi connectivity index (χ3n) is 4.54. The molecule has 3 rings (SSSR count). The van der Waals surface area contributed by atoms with E-state index in [0.717, 1.165) is 19.6 Å². The number of thiophene rings is 1. The molecule has 136 valence electrons. The summed E-state index contributed by atoms with van der Waals surface area (Å²) in [5, 5.41) is 13.8. The zero-order valence-electron chi connectivity index (χ0n) is 14.4. The summed E-state index contributed by atoms with van der Waals surface area (Å²) in [7, 11) is 0. The van der Waals surface area contributed by atoms with Crippen LogP contribution in [0.5, 0.6) is 0 Å². The van der Waals surface area contributed by atoms with E-state index in [1.54, 1.807) is 24.3 Å². The van der Waals surface area contributed by atoms with Gasteiger partial charge in [-0.2, -0.15) is 5.26 Å². The second-order valence-electron chi connectivity index (χ2n) is 6.30. The van der Waals surface area contributed by atoms with Crippen molar-refractivity contribution in [3.63, 3.8) is 0 Å². The fourth-order valence-corrected chi connectivity index (χ4v) is 4.40. The molecule has 0 radical (unpaired) electrons. The Morgan fingerprint density at radius 2 is 2.04 bits per heavy atom. The molecule has 0 atom stereocenters. The fraction of sp³-hybridized carbons (Fsp3) is 0.368. The molecule has 0 unspecified atom stereocenters. The topological polar surface area (TPSA) is 82.2 Å². The van der Waals surface area contributed by atoms with Crippen molar-refractivity contribution in [2.45, 2.75) is 19.3 Å². The highest BCUT2D eigenvalue weighted by atomic mass is 35.5. The average Bonchev–Trinajstić information content (AvgIpc) is 2.98. The lowest BCUT2D eigenvalue weighted by Gasteiger charge is -2.26. The third kappa shape index (κ3) is 4.01. The second-order valence-corrected chi connectivity index (χ2v) is 7.73. The van der Waals surface area contributed by atoms with Crippen LogP contribution in [0.1, 0.15) is 40.1 Å². The largest absolute Gasteiger partial charge is 0.396 e. The van der Waals surface area contributed by atoms with Gasteiger partial charge in [0.1, 0.15) is 21.5 Å². The number of nitrogens with two attached hydrogens (primary N) is 1. The van der Waals surface area contributed by atoms with E-state index in [1.807, 2.05) is 0 Å². The number of likely N-dealkylation sites (tertiary alicyclic amines) is 1. The molecule has 1 aliphatic heterocycles. The molecule has 0 amide bonds. The molecule has 1 aromatic carbocycles. The van der Waals surface area contributed by atoms with Gasteiger partial charge in [-0.15, -0.1) is 11.3 Å². The van der Waals surface area contributed by atoms with Gasteiger partial charge in [0.15, 0.2) is 0 Å². The van der Waals surface area contributed by atoms with Crippen LogP contribution >= 0.6 is 22.9 Å². The maximum absolute atomic E-state index is 12.8. The second kappa shape index (κ2) is 8.54. The lowest BCUT2D eigenvalue weighted by molar-refractivity contribution is 0.104. The Hall–Kier alpha value is -2.07. The van der Waals surface area contributed by atoms with E-state index in [2.05, 4.69) is 16.3 Å². The minimum atomic E-state index is -0.251. The maximum atomic E-state index is 12.8. The van der Waals surface area contributed by atoms with Gasteiger partial charge in [0.25, 0.3) is 0 Å². The number of nitrogen functional groups attached to an aromatic ring is 1. The van der Waals surface area contributed by atoms with Crippen LogP contribution in [-0.2, 0) is 0 Å². The van der Waals surface area contributed by atoms with E-state index in [-0.39, 0.29) is 11.5 Å². The van der Waals surface area contributed by atoms with Crippen LogP contribution in [0.25, 0.3) is 0 Å². The van der Waals surface area contributed by atoms with Crippen LogP contribution in [0.15, 0.2) is 24.3 Å². The zero-order valence-corrected chi connectivity index (χ0v) is 16.0. The van der Waals surface area contributed by atoms with Gasteiger partial charge in [-0.1, -0.05) is 30.2 Å². The quantitative estimate of drug-likeness (QED) is 0.731. The van der Waals surface area contributed by atoms with Crippen LogP contribution in [-0.4, -0.2) is 36.9 Å². The van der Waals surface area contributed by atoms with Gasteiger partial charge < -0.3 is 16.0 Å². The number of piperidine rings is 1. The Kier molecular flexibility index (Phi) is 6.15. The van der Waals surface area contributed by atoms with Gasteiger partial charge in [-0.3, -0.25) is 4.79 Å². The van der Waals surface area contributed by atoms with E-state index >= 15 is 0 Å². The maximum Gasteiger partial charge on any atom is 0.206 e. The number of halogens is 1. The molecule has 1 aliphatic rings. The monoisotopic (exact) mass is 388 g/mol. The van der Waals surface area contributed by atoms with Gasteiger partial charge in [0.2, 0.25) is 5.78 Å². The van der Waals surface area contributed by atoms with Crippen molar-refractivity contribution in [3.05, 3.63) is 45.3 Å². The number of carbonyl (C=O) groups excluding carboxylic acids is 1. The van der Waals surface area contributed by atoms with E-state index in [0.29, 0.717) is 32.6 Å². The molecule has 3 N–H and O–H groups in total. The standard InChI is InChI=1S/C19H21ClN4OS/c20-15-7-3-2-6-13(15)17(25)18-16(22)14(12-21)19(26-18)23-8-11-24-9-4-1-5-10-24/h2-3,6-7,23H,1,4-5,8-11,22H2. The molecule has 26 heavy (non-hydrogen) atoms. The summed E-state index contributed by atoms with van der Waals surface area (Å²) in [6, 6.07) is 8.98. The molecule has 2 aromatic rings. The fourth-order valence-electron chi connectivity index (χ4n) is 3.13. The van der Waals surface area contributed by atoms with Crippen LogP contribution < -0.4 is 11.1 Å². The predicted molar refractivity (Wildman–Crippen MR) is 107 cm³/mol. The Bertz CT molecular complexity index is 837. The Morgan fingerprint density at radius 3 is 2.73 bits per heavy atom. The van der Waals surface area contributed by atoms with Gasteiger partial charge >= 0.3 is 0 Å². The number of nitrogens with one attached hydrogen (secondary N) is 1. The molecular weight excluding hydrogens is 368 g/mol. The molecule has 0 bridgehead atoms. The first-order chi connectivity index (χ1) is 12.6. The third-order valence-corrected chi connectivity index (χ3v) is 6.04. The number of benzene rings is 1. The summed E-state index contributed by atoms with van der Waals surface area (Å²) in [4.78, 5) is 15.6.